The summed E-state index contributed by atoms with van der Waals surface area (Å²) in [5, 5.41) is 8.84. The van der Waals surface area contributed by atoms with Crippen LogP contribution in [0.1, 0.15) is 10.4 Å². The van der Waals surface area contributed by atoms with Gasteiger partial charge in [-0.2, -0.15) is 4.39 Å². The van der Waals surface area contributed by atoms with Gasteiger partial charge in [0, 0.05) is 7.05 Å². The van der Waals surface area contributed by atoms with E-state index in [1.165, 1.54) is 0 Å². The molecule has 0 saturated heterocycles. The van der Waals surface area contributed by atoms with Crippen molar-refractivity contribution in [3.63, 3.8) is 0 Å². The number of rotatable bonds is 4. The Hall–Kier alpha value is -1.97. The van der Waals surface area contributed by atoms with E-state index in [1.807, 2.05) is 0 Å². The Kier molecular flexibility index (Phi) is 4.18. The Morgan fingerprint density at radius 1 is 1.20 bits per heavy atom. The van der Waals surface area contributed by atoms with Gasteiger partial charge < -0.3 is 9.84 Å². The maximum Gasteiger partial charge on any atom is 0.341 e. The molecule has 0 spiro atoms. The molecule has 0 saturated carbocycles. The molecule has 0 atom stereocenters. The van der Waals surface area contributed by atoms with Gasteiger partial charge in [-0.1, -0.05) is 0 Å². The summed E-state index contributed by atoms with van der Waals surface area (Å²) in [6, 6.07) is 0. The number of hydrogen-bond acceptors (Lipinski definition) is 4. The summed E-state index contributed by atoms with van der Waals surface area (Å²) in [4.78, 5) is 10.9. The van der Waals surface area contributed by atoms with E-state index in [1.54, 1.807) is 0 Å². The molecule has 0 amide bonds. The summed E-state index contributed by atoms with van der Waals surface area (Å²) in [6.07, 6.45) is 0.645. The van der Waals surface area contributed by atoms with E-state index in [0.29, 0.717) is 6.26 Å². The van der Waals surface area contributed by atoms with Gasteiger partial charge in [0.2, 0.25) is 15.8 Å². The first-order valence-electron chi connectivity index (χ1n) is 4.95. The van der Waals surface area contributed by atoms with Gasteiger partial charge in [0.25, 0.3) is 0 Å². The average molecular weight is 313 g/mol. The number of methoxy groups -OCH3 is 1. The Morgan fingerprint density at radius 3 is 2.05 bits per heavy atom. The molecule has 0 unspecified atom stereocenters. The zero-order valence-electron chi connectivity index (χ0n) is 10.6. The molecular formula is C10H10F3NO5S. The van der Waals surface area contributed by atoms with Crippen molar-refractivity contribution < 1.29 is 36.2 Å². The van der Waals surface area contributed by atoms with Crippen LogP contribution in [0.2, 0.25) is 0 Å². The standard InChI is InChI=1S/C10H10F3NO5S/c1-14(20(3,17)18)8-4(10(15)16)5(11)6(12)9(19-2)7(8)13/h1-3H3,(H,15,16). The fourth-order valence-electron chi connectivity index (χ4n) is 1.46. The molecule has 0 radical (unpaired) electrons. The summed E-state index contributed by atoms with van der Waals surface area (Å²) in [5.74, 6) is -8.63. The third-order valence-electron chi connectivity index (χ3n) is 2.49. The fraction of sp³-hybridized carbons (Fsp3) is 0.300. The van der Waals surface area contributed by atoms with Gasteiger partial charge in [0.15, 0.2) is 17.4 Å². The first-order valence-corrected chi connectivity index (χ1v) is 6.80. The molecule has 1 N–H and O–H groups in total. The lowest BCUT2D eigenvalue weighted by molar-refractivity contribution is 0.0690. The van der Waals surface area contributed by atoms with Crippen molar-refractivity contribution in [2.45, 2.75) is 0 Å². The molecule has 0 aliphatic rings. The van der Waals surface area contributed by atoms with E-state index in [9.17, 15) is 26.4 Å². The van der Waals surface area contributed by atoms with Crippen LogP contribution in [-0.2, 0) is 10.0 Å². The lowest BCUT2D eigenvalue weighted by atomic mass is 10.1. The highest BCUT2D eigenvalue weighted by atomic mass is 32.2. The third-order valence-corrected chi connectivity index (χ3v) is 3.66. The Balaban J connectivity index is 3.90. The number of anilines is 1. The van der Waals surface area contributed by atoms with Gasteiger partial charge in [-0.3, -0.25) is 4.31 Å². The number of carboxylic acids is 1. The van der Waals surface area contributed by atoms with Crippen molar-refractivity contribution in [3.8, 4) is 5.75 Å². The topological polar surface area (TPSA) is 83.9 Å². The number of nitrogens with zero attached hydrogens (tertiary/aromatic N) is 1. The van der Waals surface area contributed by atoms with Crippen LogP contribution in [0.15, 0.2) is 0 Å². The Labute approximate surface area is 112 Å². The molecule has 1 aromatic rings. The van der Waals surface area contributed by atoms with Gasteiger partial charge in [0.1, 0.15) is 11.3 Å². The summed E-state index contributed by atoms with van der Waals surface area (Å²) in [6.45, 7) is 0. The minimum atomic E-state index is -4.10. The zero-order chi connectivity index (χ0) is 15.8. The van der Waals surface area contributed by atoms with Gasteiger partial charge >= 0.3 is 5.97 Å². The maximum absolute atomic E-state index is 14.0. The molecule has 1 aromatic carbocycles. The summed E-state index contributed by atoms with van der Waals surface area (Å²) in [5.41, 5.74) is -2.58. The van der Waals surface area contributed by atoms with E-state index in [-0.39, 0.29) is 4.31 Å². The number of benzene rings is 1. The molecule has 0 aliphatic carbocycles. The van der Waals surface area contributed by atoms with Crippen LogP contribution >= 0.6 is 0 Å². The highest BCUT2D eigenvalue weighted by Crippen LogP contribution is 2.36. The highest BCUT2D eigenvalue weighted by Gasteiger charge is 2.33. The lowest BCUT2D eigenvalue weighted by Crippen LogP contribution is -2.29. The molecule has 0 heterocycles. The lowest BCUT2D eigenvalue weighted by Gasteiger charge is -2.21. The molecule has 0 bridgehead atoms. The second kappa shape index (κ2) is 5.19. The van der Waals surface area contributed by atoms with E-state index in [0.717, 1.165) is 14.2 Å². The average Bonchev–Trinajstić information content (AvgIpc) is 2.31. The smallest absolute Gasteiger partial charge is 0.341 e. The number of halogens is 3. The monoisotopic (exact) mass is 313 g/mol. The van der Waals surface area contributed by atoms with Crippen molar-refractivity contribution >= 4 is 21.7 Å². The number of aromatic carboxylic acids is 1. The van der Waals surface area contributed by atoms with Crippen LogP contribution in [0.5, 0.6) is 5.75 Å². The minimum Gasteiger partial charge on any atom is -0.491 e. The number of sulfonamides is 1. The van der Waals surface area contributed by atoms with E-state index >= 15 is 0 Å². The SMILES string of the molecule is COc1c(F)c(F)c(C(=O)O)c(N(C)S(C)(=O)=O)c1F. The van der Waals surface area contributed by atoms with Gasteiger partial charge in [-0.05, 0) is 0 Å². The van der Waals surface area contributed by atoms with Gasteiger partial charge in [-0.25, -0.2) is 22.0 Å². The van der Waals surface area contributed by atoms with Crippen molar-refractivity contribution in [1.29, 1.82) is 0 Å². The molecule has 0 aromatic heterocycles. The van der Waals surface area contributed by atoms with Crippen LogP contribution < -0.4 is 9.04 Å². The first-order chi connectivity index (χ1) is 9.03. The highest BCUT2D eigenvalue weighted by molar-refractivity contribution is 7.92. The molecular weight excluding hydrogens is 303 g/mol. The summed E-state index contributed by atoms with van der Waals surface area (Å²) >= 11 is 0. The second-order valence-corrected chi connectivity index (χ2v) is 5.75. The maximum atomic E-state index is 14.0. The number of carbonyl (C=O) groups is 1. The van der Waals surface area contributed by atoms with Crippen molar-refractivity contribution in [2.24, 2.45) is 0 Å². The molecule has 10 heteroatoms. The minimum absolute atomic E-state index is 0.191. The predicted molar refractivity (Wildman–Crippen MR) is 63.1 cm³/mol. The molecule has 0 fully saturated rings. The Morgan fingerprint density at radius 2 is 1.70 bits per heavy atom. The van der Waals surface area contributed by atoms with Crippen LogP contribution in [0.3, 0.4) is 0 Å². The van der Waals surface area contributed by atoms with Crippen LogP contribution in [0.4, 0.5) is 18.9 Å². The van der Waals surface area contributed by atoms with Crippen molar-refractivity contribution in [2.75, 3.05) is 24.7 Å². The second-order valence-electron chi connectivity index (χ2n) is 3.73. The molecule has 0 aliphatic heterocycles. The van der Waals surface area contributed by atoms with Crippen molar-refractivity contribution in [3.05, 3.63) is 23.0 Å². The normalized spacial score (nSPS) is 11.3. The van der Waals surface area contributed by atoms with E-state index in [2.05, 4.69) is 4.74 Å². The molecule has 6 nitrogen and oxygen atoms in total. The van der Waals surface area contributed by atoms with Crippen molar-refractivity contribution in [1.82, 2.24) is 0 Å². The predicted octanol–water partition coefficient (Wildman–Crippen LogP) is 1.21. The molecule has 20 heavy (non-hydrogen) atoms. The van der Waals surface area contributed by atoms with Crippen LogP contribution in [-0.4, -0.2) is 39.9 Å². The third kappa shape index (κ3) is 2.50. The van der Waals surface area contributed by atoms with Crippen LogP contribution in [0.25, 0.3) is 0 Å². The van der Waals surface area contributed by atoms with E-state index in [4.69, 9.17) is 5.11 Å². The number of hydrogen-bond donors (Lipinski definition) is 1. The van der Waals surface area contributed by atoms with Crippen LogP contribution in [0, 0.1) is 17.5 Å². The fourth-order valence-corrected chi connectivity index (χ4v) is 1.97. The summed E-state index contributed by atoms with van der Waals surface area (Å²) < 4.78 is 68.3. The van der Waals surface area contributed by atoms with Gasteiger partial charge in [-0.15, -0.1) is 0 Å². The van der Waals surface area contributed by atoms with Gasteiger partial charge in [0.05, 0.1) is 13.4 Å². The molecule has 1 rings (SSSR count). The number of ether oxygens (including phenoxy) is 1. The Bertz CT molecular complexity index is 674. The van der Waals surface area contributed by atoms with E-state index < -0.39 is 50.4 Å². The number of carboxylic acid groups (broad SMARTS) is 1. The summed E-state index contributed by atoms with van der Waals surface area (Å²) in [7, 11) is -2.48. The quantitative estimate of drug-likeness (QED) is 0.845. The first kappa shape index (κ1) is 16.1. The molecule has 112 valence electrons. The largest absolute Gasteiger partial charge is 0.491 e. The zero-order valence-corrected chi connectivity index (χ0v) is 11.4.